The smallest absolute Gasteiger partial charge is 0.258 e. The molecule has 0 atom stereocenters. The van der Waals surface area contributed by atoms with Gasteiger partial charge in [-0.05, 0) is 42.0 Å². The van der Waals surface area contributed by atoms with Crippen molar-refractivity contribution in [2.24, 2.45) is 4.99 Å². The van der Waals surface area contributed by atoms with Gasteiger partial charge in [0.2, 0.25) is 5.82 Å². The zero-order chi connectivity index (χ0) is 17.8. The van der Waals surface area contributed by atoms with E-state index in [1.165, 1.54) is 6.40 Å². The first-order chi connectivity index (χ1) is 12.8. The second kappa shape index (κ2) is 7.55. The van der Waals surface area contributed by atoms with Crippen LogP contribution in [0.2, 0.25) is 5.02 Å². The molecule has 1 aliphatic heterocycles. The third kappa shape index (κ3) is 4.01. The zero-order valence-corrected chi connectivity index (χ0v) is 14.5. The van der Waals surface area contributed by atoms with Crippen LogP contribution in [0.4, 0.5) is 0 Å². The first-order valence-corrected chi connectivity index (χ1v) is 8.34. The quantitative estimate of drug-likeness (QED) is 0.658. The van der Waals surface area contributed by atoms with Crippen LogP contribution in [0.25, 0.3) is 11.5 Å². The van der Waals surface area contributed by atoms with E-state index in [1.807, 2.05) is 36.4 Å². The van der Waals surface area contributed by atoms with Gasteiger partial charge < -0.3 is 14.1 Å². The first-order valence-electron chi connectivity index (χ1n) is 7.96. The molecule has 0 aliphatic carbocycles. The van der Waals surface area contributed by atoms with E-state index in [1.54, 1.807) is 17.2 Å². The van der Waals surface area contributed by atoms with Gasteiger partial charge in [-0.3, -0.25) is 0 Å². The summed E-state index contributed by atoms with van der Waals surface area (Å²) in [4.78, 5) is 13.6. The molecule has 0 radical (unpaired) electrons. The fourth-order valence-corrected chi connectivity index (χ4v) is 2.58. The average Bonchev–Trinajstić information content (AvgIpc) is 3.33. The Bertz CT molecular complexity index is 903. The van der Waals surface area contributed by atoms with E-state index in [4.69, 9.17) is 25.7 Å². The number of benzene rings is 2. The number of nitrogens with zero attached hydrogens (tertiary/aromatic N) is 4. The number of hydroxylamine groups is 2. The van der Waals surface area contributed by atoms with Gasteiger partial charge >= 0.3 is 0 Å². The lowest BCUT2D eigenvalue weighted by molar-refractivity contribution is -0.0519. The molecule has 2 heterocycles. The van der Waals surface area contributed by atoms with Gasteiger partial charge in [0.25, 0.3) is 5.89 Å². The Morgan fingerprint density at radius 3 is 2.85 bits per heavy atom. The lowest BCUT2D eigenvalue weighted by atomic mass is 10.2. The van der Waals surface area contributed by atoms with E-state index < -0.39 is 0 Å². The maximum atomic E-state index is 5.88. The molecular formula is C18H15ClN4O3. The summed E-state index contributed by atoms with van der Waals surface area (Å²) in [5, 5.41) is 6.35. The van der Waals surface area contributed by atoms with Crippen LogP contribution in [-0.2, 0) is 18.0 Å². The molecular weight excluding hydrogens is 356 g/mol. The summed E-state index contributed by atoms with van der Waals surface area (Å²) in [5.74, 6) is 1.62. The van der Waals surface area contributed by atoms with E-state index >= 15 is 0 Å². The summed E-state index contributed by atoms with van der Waals surface area (Å²) in [5.41, 5.74) is 1.87. The van der Waals surface area contributed by atoms with Crippen LogP contribution in [0.3, 0.4) is 0 Å². The third-order valence-corrected chi connectivity index (χ3v) is 3.95. The summed E-state index contributed by atoms with van der Waals surface area (Å²) in [6.07, 6.45) is 1.44. The molecule has 0 saturated carbocycles. The van der Waals surface area contributed by atoms with Gasteiger partial charge in [-0.25, -0.2) is 4.99 Å². The molecule has 0 N–H and O–H groups in total. The topological polar surface area (TPSA) is 73.0 Å². The molecule has 1 aliphatic rings. The molecule has 2 aromatic carbocycles. The minimum atomic E-state index is 0.212. The highest BCUT2D eigenvalue weighted by Gasteiger charge is 2.11. The van der Waals surface area contributed by atoms with E-state index in [9.17, 15) is 0 Å². The SMILES string of the molecule is Clc1ccc(-c2nc(COc3cccc(CN4CN=CO4)c3)no2)cc1. The van der Waals surface area contributed by atoms with Gasteiger partial charge in [0.05, 0.1) is 6.54 Å². The molecule has 0 bridgehead atoms. The van der Waals surface area contributed by atoms with Crippen molar-refractivity contribution < 1.29 is 14.1 Å². The van der Waals surface area contributed by atoms with Crippen LogP contribution in [-0.4, -0.2) is 28.3 Å². The summed E-state index contributed by atoms with van der Waals surface area (Å²) in [6, 6.07) is 15.0. The number of aromatic nitrogens is 2. The largest absolute Gasteiger partial charge is 0.485 e. The molecule has 1 aromatic heterocycles. The predicted octanol–water partition coefficient (Wildman–Crippen LogP) is 3.70. The van der Waals surface area contributed by atoms with Gasteiger partial charge in [0.1, 0.15) is 12.4 Å². The third-order valence-electron chi connectivity index (χ3n) is 3.69. The molecule has 8 heteroatoms. The molecule has 0 spiro atoms. The molecule has 3 aromatic rings. The van der Waals surface area contributed by atoms with E-state index in [2.05, 4.69) is 15.1 Å². The van der Waals surface area contributed by atoms with Crippen molar-refractivity contribution in [1.82, 2.24) is 15.2 Å². The summed E-state index contributed by atoms with van der Waals surface area (Å²) >= 11 is 5.88. The van der Waals surface area contributed by atoms with E-state index in [0.717, 1.165) is 16.9 Å². The van der Waals surface area contributed by atoms with Crippen LogP contribution >= 0.6 is 11.6 Å². The minimum Gasteiger partial charge on any atom is -0.485 e. The van der Waals surface area contributed by atoms with E-state index in [-0.39, 0.29) is 6.61 Å². The highest BCUT2D eigenvalue weighted by molar-refractivity contribution is 6.30. The van der Waals surface area contributed by atoms with Gasteiger partial charge in [-0.2, -0.15) is 4.98 Å². The minimum absolute atomic E-state index is 0.212. The number of halogens is 1. The maximum absolute atomic E-state index is 5.88. The van der Waals surface area contributed by atoms with Gasteiger partial charge in [0.15, 0.2) is 13.0 Å². The van der Waals surface area contributed by atoms with Crippen molar-refractivity contribution in [2.75, 3.05) is 6.67 Å². The van der Waals surface area contributed by atoms with Gasteiger partial charge in [0, 0.05) is 10.6 Å². The summed E-state index contributed by atoms with van der Waals surface area (Å²) in [7, 11) is 0. The summed E-state index contributed by atoms with van der Waals surface area (Å²) in [6.45, 7) is 1.37. The Balaban J connectivity index is 1.37. The molecule has 4 rings (SSSR count). The molecule has 0 amide bonds. The first kappa shape index (κ1) is 16.6. The second-order valence-electron chi connectivity index (χ2n) is 5.63. The van der Waals surface area contributed by atoms with E-state index in [0.29, 0.717) is 30.0 Å². The Kier molecular flexibility index (Phi) is 4.81. The Morgan fingerprint density at radius 1 is 1.15 bits per heavy atom. The van der Waals surface area contributed by atoms with Crippen LogP contribution in [0.5, 0.6) is 5.75 Å². The molecule has 0 fully saturated rings. The fourth-order valence-electron chi connectivity index (χ4n) is 2.45. The van der Waals surface area contributed by atoms with Crippen LogP contribution in [0, 0.1) is 0 Å². The lowest BCUT2D eigenvalue weighted by Gasteiger charge is -2.13. The average molecular weight is 371 g/mol. The Labute approximate surface area is 154 Å². The number of hydrogen-bond donors (Lipinski definition) is 0. The van der Waals surface area contributed by atoms with Gasteiger partial charge in [-0.15, -0.1) is 5.06 Å². The number of hydrogen-bond acceptors (Lipinski definition) is 7. The fraction of sp³-hybridized carbons (Fsp3) is 0.167. The van der Waals surface area contributed by atoms with Crippen molar-refractivity contribution in [2.45, 2.75) is 13.2 Å². The van der Waals surface area contributed by atoms with Crippen molar-refractivity contribution in [1.29, 1.82) is 0 Å². The molecule has 0 unspecified atom stereocenters. The number of aliphatic imine (C=N–C) groups is 1. The Hall–Kier alpha value is -2.90. The monoisotopic (exact) mass is 370 g/mol. The summed E-state index contributed by atoms with van der Waals surface area (Å²) < 4.78 is 11.0. The van der Waals surface area contributed by atoms with Crippen molar-refractivity contribution in [3.8, 4) is 17.2 Å². The van der Waals surface area contributed by atoms with Crippen LogP contribution in [0.15, 0.2) is 58.0 Å². The molecule has 132 valence electrons. The maximum Gasteiger partial charge on any atom is 0.258 e. The van der Waals surface area contributed by atoms with Crippen molar-refractivity contribution in [3.63, 3.8) is 0 Å². The van der Waals surface area contributed by atoms with Gasteiger partial charge in [-0.1, -0.05) is 28.9 Å². The number of ether oxygens (including phenoxy) is 1. The highest BCUT2D eigenvalue weighted by atomic mass is 35.5. The normalized spacial score (nSPS) is 13.7. The standard InChI is InChI=1S/C18H15ClN4O3/c19-15-6-4-14(5-7-15)18-21-17(22-26-18)10-24-16-3-1-2-13(8-16)9-23-11-20-12-25-23/h1-8,12H,9-11H2. The van der Waals surface area contributed by atoms with Crippen molar-refractivity contribution in [3.05, 3.63) is 64.9 Å². The second-order valence-corrected chi connectivity index (χ2v) is 6.07. The van der Waals surface area contributed by atoms with Crippen LogP contribution in [0.1, 0.15) is 11.4 Å². The highest BCUT2D eigenvalue weighted by Crippen LogP contribution is 2.21. The van der Waals surface area contributed by atoms with Crippen LogP contribution < -0.4 is 4.74 Å². The lowest BCUT2D eigenvalue weighted by Crippen LogP contribution is -2.17. The zero-order valence-electron chi connectivity index (χ0n) is 13.7. The Morgan fingerprint density at radius 2 is 2.04 bits per heavy atom. The molecule has 26 heavy (non-hydrogen) atoms. The molecule has 0 saturated heterocycles. The number of rotatable bonds is 6. The molecule has 7 nitrogen and oxygen atoms in total. The van der Waals surface area contributed by atoms with Crippen molar-refractivity contribution >= 4 is 18.0 Å². The predicted molar refractivity (Wildman–Crippen MR) is 95.5 cm³/mol.